The zero-order valence-corrected chi connectivity index (χ0v) is 8.11. The highest BCUT2D eigenvalue weighted by molar-refractivity contribution is 6.41. The fourth-order valence-electron chi connectivity index (χ4n) is 1.79. The molecule has 2 heterocycles. The van der Waals surface area contributed by atoms with Gasteiger partial charge >= 0.3 is 0 Å². The van der Waals surface area contributed by atoms with Gasteiger partial charge in [-0.25, -0.2) is 4.99 Å². The maximum absolute atomic E-state index is 11.9. The minimum absolute atomic E-state index is 0.133. The van der Waals surface area contributed by atoms with Crippen LogP contribution in [0.4, 0.5) is 0 Å². The molecule has 1 saturated heterocycles. The quantitative estimate of drug-likeness (QED) is 0.654. The number of rotatable bonds is 2. The van der Waals surface area contributed by atoms with E-state index in [1.807, 2.05) is 0 Å². The zero-order valence-electron chi connectivity index (χ0n) is 8.11. The van der Waals surface area contributed by atoms with Crippen molar-refractivity contribution in [1.82, 2.24) is 0 Å². The van der Waals surface area contributed by atoms with E-state index in [1.54, 1.807) is 0 Å². The third-order valence-corrected chi connectivity index (χ3v) is 2.65. The number of nitrogens with zero attached hydrogens (tertiary/aromatic N) is 2. The van der Waals surface area contributed by atoms with Crippen LogP contribution in [0.15, 0.2) is 9.98 Å². The fourth-order valence-corrected chi connectivity index (χ4v) is 1.79. The zero-order chi connectivity index (χ0) is 9.80. The number of ketones is 1. The van der Waals surface area contributed by atoms with Crippen LogP contribution < -0.4 is 0 Å². The molecule has 0 aromatic heterocycles. The Labute approximate surface area is 83.1 Å². The number of aliphatic imine (C=N–C) groups is 2. The lowest BCUT2D eigenvalue weighted by atomic mass is 9.91. The fraction of sp³-hybridized carbons (Fsp3) is 0.700. The van der Waals surface area contributed by atoms with E-state index in [1.165, 1.54) is 6.34 Å². The molecule has 4 heteroatoms. The lowest BCUT2D eigenvalue weighted by Gasteiger charge is -2.21. The normalized spacial score (nSPS) is 23.3. The van der Waals surface area contributed by atoms with Crippen LogP contribution in [0.1, 0.15) is 19.3 Å². The molecule has 0 saturated carbocycles. The molecule has 0 aliphatic carbocycles. The number of hydrogen-bond acceptors (Lipinski definition) is 4. The van der Waals surface area contributed by atoms with Crippen molar-refractivity contribution in [3.05, 3.63) is 0 Å². The van der Waals surface area contributed by atoms with Crippen LogP contribution in [0.25, 0.3) is 0 Å². The molecule has 14 heavy (non-hydrogen) atoms. The second kappa shape index (κ2) is 4.46. The molecule has 0 radical (unpaired) electrons. The first-order chi connectivity index (χ1) is 6.88. The van der Waals surface area contributed by atoms with Crippen molar-refractivity contribution in [2.24, 2.45) is 15.9 Å². The lowest BCUT2D eigenvalue weighted by Crippen LogP contribution is -2.30. The average Bonchev–Trinajstić information content (AvgIpc) is 2.30. The van der Waals surface area contributed by atoms with Crippen molar-refractivity contribution < 1.29 is 9.53 Å². The Morgan fingerprint density at radius 1 is 1.43 bits per heavy atom. The first kappa shape index (κ1) is 9.52. The summed E-state index contributed by atoms with van der Waals surface area (Å²) in [6.45, 7) is 2.11. The molecule has 0 bridgehead atoms. The molecular weight excluding hydrogens is 180 g/mol. The Hall–Kier alpha value is -1.03. The van der Waals surface area contributed by atoms with Gasteiger partial charge in [0, 0.05) is 32.1 Å². The standard InChI is InChI=1S/C10H14N2O2/c13-10(8-2-5-14-6-3-8)9-1-4-11-7-12-9/h7-8H,1-6H2. The molecule has 4 nitrogen and oxygen atoms in total. The van der Waals surface area contributed by atoms with Gasteiger partial charge in [-0.1, -0.05) is 0 Å². The Morgan fingerprint density at radius 3 is 2.86 bits per heavy atom. The van der Waals surface area contributed by atoms with Crippen LogP contribution >= 0.6 is 0 Å². The lowest BCUT2D eigenvalue weighted by molar-refractivity contribution is -0.119. The summed E-state index contributed by atoms with van der Waals surface area (Å²) in [4.78, 5) is 19.9. The van der Waals surface area contributed by atoms with Crippen LogP contribution in [0.5, 0.6) is 0 Å². The third kappa shape index (κ3) is 2.07. The molecule has 0 unspecified atom stereocenters. The van der Waals surface area contributed by atoms with Crippen LogP contribution in [0.3, 0.4) is 0 Å². The molecule has 76 valence electrons. The topological polar surface area (TPSA) is 51.0 Å². The molecule has 0 N–H and O–H groups in total. The molecule has 0 aromatic rings. The molecule has 0 spiro atoms. The molecular formula is C10H14N2O2. The molecule has 2 aliphatic heterocycles. The van der Waals surface area contributed by atoms with E-state index in [4.69, 9.17) is 4.74 Å². The Kier molecular flexibility index (Phi) is 3.03. The van der Waals surface area contributed by atoms with Gasteiger partial charge in [-0.3, -0.25) is 9.79 Å². The molecule has 2 rings (SSSR count). The summed E-state index contributed by atoms with van der Waals surface area (Å²) in [7, 11) is 0. The highest BCUT2D eigenvalue weighted by Gasteiger charge is 2.25. The smallest absolute Gasteiger partial charge is 0.180 e. The number of carbonyl (C=O) groups excluding carboxylic acids is 1. The van der Waals surface area contributed by atoms with Crippen molar-refractivity contribution in [3.8, 4) is 0 Å². The van der Waals surface area contributed by atoms with Crippen LogP contribution in [-0.4, -0.2) is 37.6 Å². The maximum atomic E-state index is 11.9. The first-order valence-corrected chi connectivity index (χ1v) is 5.05. The Bertz CT molecular complexity index is 278. The minimum Gasteiger partial charge on any atom is -0.381 e. The number of hydrogen-bond donors (Lipinski definition) is 0. The van der Waals surface area contributed by atoms with Crippen molar-refractivity contribution >= 4 is 17.8 Å². The van der Waals surface area contributed by atoms with Crippen molar-refractivity contribution in [3.63, 3.8) is 0 Å². The van der Waals surface area contributed by atoms with Crippen LogP contribution in [0, 0.1) is 5.92 Å². The van der Waals surface area contributed by atoms with E-state index in [0.29, 0.717) is 31.9 Å². The van der Waals surface area contributed by atoms with Gasteiger partial charge in [-0.05, 0) is 12.8 Å². The number of ether oxygens (including phenoxy) is 1. The average molecular weight is 194 g/mol. The second-order valence-electron chi connectivity index (χ2n) is 3.60. The summed E-state index contributed by atoms with van der Waals surface area (Å²) in [5, 5.41) is 0. The molecule has 0 amide bonds. The predicted octanol–water partition coefficient (Wildman–Crippen LogP) is 0.855. The Balaban J connectivity index is 1.99. The maximum Gasteiger partial charge on any atom is 0.180 e. The first-order valence-electron chi connectivity index (χ1n) is 5.05. The van der Waals surface area contributed by atoms with Gasteiger partial charge in [0.05, 0.1) is 5.71 Å². The van der Waals surface area contributed by atoms with Gasteiger partial charge in [0.25, 0.3) is 0 Å². The van der Waals surface area contributed by atoms with E-state index in [2.05, 4.69) is 9.98 Å². The highest BCUT2D eigenvalue weighted by atomic mass is 16.5. The van der Waals surface area contributed by atoms with Crippen LogP contribution in [-0.2, 0) is 9.53 Å². The van der Waals surface area contributed by atoms with Gasteiger partial charge in [-0.15, -0.1) is 0 Å². The summed E-state index contributed by atoms with van der Waals surface area (Å²) in [5.74, 6) is 0.341. The largest absolute Gasteiger partial charge is 0.381 e. The van der Waals surface area contributed by atoms with E-state index in [0.717, 1.165) is 12.8 Å². The van der Waals surface area contributed by atoms with E-state index in [9.17, 15) is 4.79 Å². The van der Waals surface area contributed by atoms with E-state index < -0.39 is 0 Å². The van der Waals surface area contributed by atoms with Crippen molar-refractivity contribution in [2.45, 2.75) is 19.3 Å². The Morgan fingerprint density at radius 2 is 2.21 bits per heavy atom. The minimum atomic E-state index is 0.133. The summed E-state index contributed by atoms with van der Waals surface area (Å²) in [5.41, 5.74) is 0.701. The van der Waals surface area contributed by atoms with Gasteiger partial charge in [0.15, 0.2) is 5.78 Å². The van der Waals surface area contributed by atoms with Crippen LogP contribution in [0.2, 0.25) is 0 Å². The summed E-state index contributed by atoms with van der Waals surface area (Å²) in [6, 6.07) is 0. The third-order valence-electron chi connectivity index (χ3n) is 2.65. The summed E-state index contributed by atoms with van der Waals surface area (Å²) in [6.07, 6.45) is 3.88. The summed E-state index contributed by atoms with van der Waals surface area (Å²) >= 11 is 0. The highest BCUT2D eigenvalue weighted by Crippen LogP contribution is 2.17. The predicted molar refractivity (Wildman–Crippen MR) is 54.0 cm³/mol. The molecule has 1 fully saturated rings. The monoisotopic (exact) mass is 194 g/mol. The second-order valence-corrected chi connectivity index (χ2v) is 3.60. The van der Waals surface area contributed by atoms with Crippen molar-refractivity contribution in [2.75, 3.05) is 19.8 Å². The van der Waals surface area contributed by atoms with Crippen molar-refractivity contribution in [1.29, 1.82) is 0 Å². The number of carbonyl (C=O) groups is 1. The van der Waals surface area contributed by atoms with Gasteiger partial charge < -0.3 is 4.74 Å². The van der Waals surface area contributed by atoms with Gasteiger partial charge in [-0.2, -0.15) is 0 Å². The van der Waals surface area contributed by atoms with Gasteiger partial charge in [0.2, 0.25) is 0 Å². The number of Topliss-reactive ketones (excluding diaryl/α,β-unsaturated/α-hetero) is 1. The molecule has 0 atom stereocenters. The van der Waals surface area contributed by atoms with E-state index >= 15 is 0 Å². The van der Waals surface area contributed by atoms with Gasteiger partial charge in [0.1, 0.15) is 6.34 Å². The molecule has 2 aliphatic rings. The molecule has 0 aromatic carbocycles. The SMILES string of the molecule is O=C(C1=NC=NCC1)C1CCOCC1. The van der Waals surface area contributed by atoms with E-state index in [-0.39, 0.29) is 11.7 Å². The summed E-state index contributed by atoms with van der Waals surface area (Å²) < 4.78 is 5.22.